The highest BCUT2D eigenvalue weighted by atomic mass is 16.2. The summed E-state index contributed by atoms with van der Waals surface area (Å²) in [6.45, 7) is 12.8. The summed E-state index contributed by atoms with van der Waals surface area (Å²) >= 11 is 0. The Labute approximate surface area is 122 Å². The van der Waals surface area contributed by atoms with E-state index in [0.717, 1.165) is 19.6 Å². The minimum atomic E-state index is -0.585. The van der Waals surface area contributed by atoms with Crippen LogP contribution in [-0.2, 0) is 9.59 Å². The first-order chi connectivity index (χ1) is 9.49. The molecule has 0 aliphatic carbocycles. The van der Waals surface area contributed by atoms with E-state index in [-0.39, 0.29) is 12.3 Å². The number of amides is 2. The molecule has 2 amide bonds. The molecule has 0 aromatic heterocycles. The van der Waals surface area contributed by atoms with Gasteiger partial charge in [0.25, 0.3) is 0 Å². The number of rotatable bonds is 11. The van der Waals surface area contributed by atoms with Crippen molar-refractivity contribution in [3.63, 3.8) is 0 Å². The van der Waals surface area contributed by atoms with E-state index in [1.807, 2.05) is 13.8 Å². The van der Waals surface area contributed by atoms with E-state index in [2.05, 4.69) is 24.1 Å². The second kappa shape index (κ2) is 10.6. The summed E-state index contributed by atoms with van der Waals surface area (Å²) in [5.74, 6) is -0.501. The van der Waals surface area contributed by atoms with Crippen LogP contribution in [0, 0.1) is 0 Å². The molecule has 0 radical (unpaired) electrons. The first-order valence-corrected chi connectivity index (χ1v) is 7.52. The SMILES string of the molecule is CCN(CC)CCNC(CC(=O)N(CC)CC)C(N)=O. The van der Waals surface area contributed by atoms with Crippen molar-refractivity contribution in [1.82, 2.24) is 15.1 Å². The standard InChI is InChI=1S/C14H30N4O2/c1-5-17(6-2)10-9-16-12(14(15)20)11-13(19)18(7-3)8-4/h12,16H,5-11H2,1-4H3,(H2,15,20). The number of likely N-dealkylation sites (N-methyl/N-ethyl adjacent to an activating group) is 1. The van der Waals surface area contributed by atoms with Gasteiger partial charge in [-0.3, -0.25) is 9.59 Å². The van der Waals surface area contributed by atoms with Gasteiger partial charge in [0.05, 0.1) is 12.5 Å². The summed E-state index contributed by atoms with van der Waals surface area (Å²) in [6.07, 6.45) is 0.134. The molecular weight excluding hydrogens is 256 g/mol. The van der Waals surface area contributed by atoms with E-state index in [1.54, 1.807) is 4.90 Å². The average Bonchev–Trinajstić information content (AvgIpc) is 2.43. The summed E-state index contributed by atoms with van der Waals surface area (Å²) in [7, 11) is 0. The zero-order valence-corrected chi connectivity index (χ0v) is 13.3. The zero-order valence-electron chi connectivity index (χ0n) is 13.3. The quantitative estimate of drug-likeness (QED) is 0.562. The molecule has 0 fully saturated rings. The molecule has 118 valence electrons. The van der Waals surface area contributed by atoms with Crippen molar-refractivity contribution >= 4 is 11.8 Å². The topological polar surface area (TPSA) is 78.7 Å². The zero-order chi connectivity index (χ0) is 15.5. The lowest BCUT2D eigenvalue weighted by atomic mass is 10.1. The van der Waals surface area contributed by atoms with Crippen molar-refractivity contribution in [2.75, 3.05) is 39.3 Å². The van der Waals surface area contributed by atoms with E-state index < -0.39 is 11.9 Å². The molecular formula is C14H30N4O2. The fraction of sp³-hybridized carbons (Fsp3) is 0.857. The maximum atomic E-state index is 12.0. The van der Waals surface area contributed by atoms with Crippen molar-refractivity contribution < 1.29 is 9.59 Å². The molecule has 6 nitrogen and oxygen atoms in total. The Kier molecular flexibility index (Phi) is 10.0. The third kappa shape index (κ3) is 6.86. The highest BCUT2D eigenvalue weighted by Crippen LogP contribution is 1.99. The van der Waals surface area contributed by atoms with Gasteiger partial charge in [0.1, 0.15) is 0 Å². The van der Waals surface area contributed by atoms with Crippen molar-refractivity contribution in [2.45, 2.75) is 40.2 Å². The van der Waals surface area contributed by atoms with Gasteiger partial charge < -0.3 is 20.9 Å². The Balaban J connectivity index is 4.30. The number of carbonyl (C=O) groups excluding carboxylic acids is 2. The monoisotopic (exact) mass is 286 g/mol. The number of nitrogens with two attached hydrogens (primary N) is 1. The van der Waals surface area contributed by atoms with Gasteiger partial charge >= 0.3 is 0 Å². The Morgan fingerprint density at radius 3 is 2.00 bits per heavy atom. The van der Waals surface area contributed by atoms with Crippen LogP contribution in [0.2, 0.25) is 0 Å². The van der Waals surface area contributed by atoms with Gasteiger partial charge in [-0.2, -0.15) is 0 Å². The Morgan fingerprint density at radius 2 is 1.60 bits per heavy atom. The van der Waals surface area contributed by atoms with E-state index in [0.29, 0.717) is 19.6 Å². The molecule has 3 N–H and O–H groups in total. The van der Waals surface area contributed by atoms with Gasteiger partial charge in [-0.1, -0.05) is 13.8 Å². The fourth-order valence-electron chi connectivity index (χ4n) is 2.09. The molecule has 0 bridgehead atoms. The van der Waals surface area contributed by atoms with Gasteiger partial charge in [-0.05, 0) is 26.9 Å². The highest BCUT2D eigenvalue weighted by Gasteiger charge is 2.21. The molecule has 1 unspecified atom stereocenters. The van der Waals surface area contributed by atoms with Crippen LogP contribution >= 0.6 is 0 Å². The maximum absolute atomic E-state index is 12.0. The van der Waals surface area contributed by atoms with Gasteiger partial charge in [0.2, 0.25) is 11.8 Å². The lowest BCUT2D eigenvalue weighted by Crippen LogP contribution is -2.47. The summed E-state index contributed by atoms with van der Waals surface area (Å²) in [5.41, 5.74) is 5.36. The predicted octanol–water partition coefficient (Wildman–Crippen LogP) is 0.0302. The number of primary amides is 1. The molecule has 0 aromatic carbocycles. The second-order valence-electron chi connectivity index (χ2n) is 4.71. The molecule has 1 atom stereocenters. The summed E-state index contributed by atoms with van der Waals surface area (Å²) in [6, 6.07) is -0.585. The smallest absolute Gasteiger partial charge is 0.235 e. The van der Waals surface area contributed by atoms with Crippen LogP contribution in [0.1, 0.15) is 34.1 Å². The largest absolute Gasteiger partial charge is 0.368 e. The van der Waals surface area contributed by atoms with Crippen molar-refractivity contribution in [3.8, 4) is 0 Å². The molecule has 0 saturated heterocycles. The third-order valence-electron chi connectivity index (χ3n) is 3.55. The fourth-order valence-corrected chi connectivity index (χ4v) is 2.09. The Hall–Kier alpha value is -1.14. The molecule has 0 spiro atoms. The highest BCUT2D eigenvalue weighted by molar-refractivity contribution is 5.87. The second-order valence-corrected chi connectivity index (χ2v) is 4.71. The number of hydrogen-bond donors (Lipinski definition) is 2. The maximum Gasteiger partial charge on any atom is 0.235 e. The number of carbonyl (C=O) groups is 2. The van der Waals surface area contributed by atoms with Gasteiger partial charge in [0.15, 0.2) is 0 Å². The molecule has 0 rings (SSSR count). The lowest BCUT2D eigenvalue weighted by Gasteiger charge is -2.23. The van der Waals surface area contributed by atoms with Crippen molar-refractivity contribution in [2.24, 2.45) is 5.73 Å². The van der Waals surface area contributed by atoms with E-state index in [4.69, 9.17) is 5.73 Å². The van der Waals surface area contributed by atoms with Crippen LogP contribution in [0.3, 0.4) is 0 Å². The number of hydrogen-bond acceptors (Lipinski definition) is 4. The molecule has 0 aliphatic rings. The average molecular weight is 286 g/mol. The first-order valence-electron chi connectivity index (χ1n) is 7.52. The van der Waals surface area contributed by atoms with Crippen LogP contribution in [0.25, 0.3) is 0 Å². The van der Waals surface area contributed by atoms with Gasteiger partial charge in [0, 0.05) is 26.2 Å². The molecule has 0 aliphatic heterocycles. The molecule has 0 heterocycles. The van der Waals surface area contributed by atoms with E-state index >= 15 is 0 Å². The van der Waals surface area contributed by atoms with E-state index in [1.165, 1.54) is 0 Å². The molecule has 6 heteroatoms. The van der Waals surface area contributed by atoms with Crippen LogP contribution in [0.5, 0.6) is 0 Å². The molecule has 0 saturated carbocycles. The number of nitrogens with zero attached hydrogens (tertiary/aromatic N) is 2. The minimum Gasteiger partial charge on any atom is -0.368 e. The Bertz CT molecular complexity index is 289. The van der Waals surface area contributed by atoms with Crippen LogP contribution in [-0.4, -0.2) is 66.9 Å². The van der Waals surface area contributed by atoms with Crippen molar-refractivity contribution in [3.05, 3.63) is 0 Å². The van der Waals surface area contributed by atoms with Crippen molar-refractivity contribution in [1.29, 1.82) is 0 Å². The summed E-state index contributed by atoms with van der Waals surface area (Å²) in [4.78, 5) is 27.4. The molecule has 20 heavy (non-hydrogen) atoms. The first kappa shape index (κ1) is 18.9. The lowest BCUT2D eigenvalue weighted by molar-refractivity contribution is -0.133. The minimum absolute atomic E-state index is 0.0332. The molecule has 0 aromatic rings. The third-order valence-corrected chi connectivity index (χ3v) is 3.55. The van der Waals surface area contributed by atoms with Crippen LogP contribution < -0.4 is 11.1 Å². The normalized spacial score (nSPS) is 12.4. The number of nitrogens with one attached hydrogen (secondary N) is 1. The van der Waals surface area contributed by atoms with Gasteiger partial charge in [-0.15, -0.1) is 0 Å². The summed E-state index contributed by atoms with van der Waals surface area (Å²) < 4.78 is 0. The van der Waals surface area contributed by atoms with E-state index in [9.17, 15) is 9.59 Å². The van der Waals surface area contributed by atoms with Gasteiger partial charge in [-0.25, -0.2) is 0 Å². The Morgan fingerprint density at radius 1 is 1.05 bits per heavy atom. The predicted molar refractivity (Wildman–Crippen MR) is 81.3 cm³/mol. The van der Waals surface area contributed by atoms with Crippen LogP contribution in [0.4, 0.5) is 0 Å². The summed E-state index contributed by atoms with van der Waals surface area (Å²) in [5, 5.41) is 3.09. The van der Waals surface area contributed by atoms with Crippen LogP contribution in [0.15, 0.2) is 0 Å².